The zero-order valence-corrected chi connectivity index (χ0v) is 14.5. The van der Waals surface area contributed by atoms with Gasteiger partial charge in [0, 0.05) is 12.1 Å². The fourth-order valence-corrected chi connectivity index (χ4v) is 3.23. The molecule has 2 aromatic heterocycles. The zero-order valence-electron chi connectivity index (χ0n) is 13.7. The Hall–Kier alpha value is -2.98. The molecule has 26 heavy (non-hydrogen) atoms. The molecule has 0 atom stereocenters. The van der Waals surface area contributed by atoms with Crippen LogP contribution >= 0.6 is 0 Å². The molecule has 136 valence electrons. The van der Waals surface area contributed by atoms with E-state index in [0.29, 0.717) is 18.0 Å². The number of sulfonamides is 1. The SMILES string of the molecule is O=C(CCn1cncn1)Nc1cccc(S(=O)(=O)NCc2ccco2)c1. The Morgan fingerprint density at radius 3 is 2.85 bits per heavy atom. The van der Waals surface area contributed by atoms with Gasteiger partial charge < -0.3 is 9.73 Å². The number of benzene rings is 1. The van der Waals surface area contributed by atoms with E-state index in [4.69, 9.17) is 4.42 Å². The molecular formula is C16H17N5O4S. The number of rotatable bonds is 8. The molecule has 9 nitrogen and oxygen atoms in total. The fourth-order valence-electron chi connectivity index (χ4n) is 2.19. The zero-order chi connectivity index (χ0) is 18.4. The molecule has 0 unspecified atom stereocenters. The number of hydrogen-bond acceptors (Lipinski definition) is 6. The van der Waals surface area contributed by atoms with Crippen molar-refractivity contribution in [2.75, 3.05) is 5.32 Å². The first-order valence-electron chi connectivity index (χ1n) is 7.77. The second-order valence-corrected chi connectivity index (χ2v) is 7.16. The van der Waals surface area contributed by atoms with Crippen molar-refractivity contribution in [3.63, 3.8) is 0 Å². The molecule has 3 rings (SSSR count). The molecule has 0 radical (unpaired) electrons. The molecule has 2 heterocycles. The number of nitrogens with one attached hydrogen (secondary N) is 2. The fraction of sp³-hybridized carbons (Fsp3) is 0.188. The van der Waals surface area contributed by atoms with Crippen molar-refractivity contribution in [1.82, 2.24) is 19.5 Å². The van der Waals surface area contributed by atoms with Gasteiger partial charge >= 0.3 is 0 Å². The van der Waals surface area contributed by atoms with Crippen molar-refractivity contribution in [2.24, 2.45) is 0 Å². The van der Waals surface area contributed by atoms with Gasteiger partial charge in [-0.1, -0.05) is 6.07 Å². The molecule has 10 heteroatoms. The summed E-state index contributed by atoms with van der Waals surface area (Å²) in [6, 6.07) is 9.40. The van der Waals surface area contributed by atoms with Crippen LogP contribution in [0.15, 0.2) is 64.6 Å². The summed E-state index contributed by atoms with van der Waals surface area (Å²) in [6.45, 7) is 0.429. The van der Waals surface area contributed by atoms with E-state index in [0.717, 1.165) is 0 Å². The van der Waals surface area contributed by atoms with E-state index < -0.39 is 10.0 Å². The van der Waals surface area contributed by atoms with Crippen molar-refractivity contribution < 1.29 is 17.6 Å². The number of aromatic nitrogens is 3. The van der Waals surface area contributed by atoms with Crippen LogP contribution in [-0.4, -0.2) is 29.1 Å². The number of carbonyl (C=O) groups is 1. The average Bonchev–Trinajstić information content (AvgIpc) is 3.32. The lowest BCUT2D eigenvalue weighted by atomic mass is 10.3. The number of nitrogens with zero attached hydrogens (tertiary/aromatic N) is 3. The highest BCUT2D eigenvalue weighted by atomic mass is 32.2. The van der Waals surface area contributed by atoms with Gasteiger partial charge in [-0.25, -0.2) is 18.1 Å². The van der Waals surface area contributed by atoms with Crippen LogP contribution < -0.4 is 10.0 Å². The van der Waals surface area contributed by atoms with Gasteiger partial charge in [0.1, 0.15) is 18.4 Å². The van der Waals surface area contributed by atoms with E-state index in [1.807, 2.05) is 0 Å². The smallest absolute Gasteiger partial charge is 0.241 e. The van der Waals surface area contributed by atoms with Crippen LogP contribution in [0.5, 0.6) is 0 Å². The first-order valence-corrected chi connectivity index (χ1v) is 9.26. The van der Waals surface area contributed by atoms with Crippen LogP contribution in [0, 0.1) is 0 Å². The van der Waals surface area contributed by atoms with Gasteiger partial charge in [-0.3, -0.25) is 9.48 Å². The number of carbonyl (C=O) groups excluding carboxylic acids is 1. The maximum atomic E-state index is 12.4. The summed E-state index contributed by atoms with van der Waals surface area (Å²) in [4.78, 5) is 15.9. The molecule has 1 amide bonds. The lowest BCUT2D eigenvalue weighted by Crippen LogP contribution is -2.23. The number of amides is 1. The lowest BCUT2D eigenvalue weighted by Gasteiger charge is -2.09. The molecule has 0 fully saturated rings. The second-order valence-electron chi connectivity index (χ2n) is 5.39. The van der Waals surface area contributed by atoms with Gasteiger partial charge in [0.05, 0.1) is 24.2 Å². The summed E-state index contributed by atoms with van der Waals surface area (Å²) in [7, 11) is -3.73. The summed E-state index contributed by atoms with van der Waals surface area (Å²) in [6.07, 6.45) is 4.57. The minimum Gasteiger partial charge on any atom is -0.468 e. The van der Waals surface area contributed by atoms with Gasteiger partial charge in [0.2, 0.25) is 15.9 Å². The number of hydrogen-bond donors (Lipinski definition) is 2. The highest BCUT2D eigenvalue weighted by molar-refractivity contribution is 7.89. The topological polar surface area (TPSA) is 119 Å². The summed E-state index contributed by atoms with van der Waals surface area (Å²) in [5, 5.41) is 6.59. The van der Waals surface area contributed by atoms with Gasteiger partial charge in [-0.05, 0) is 30.3 Å². The molecule has 1 aromatic carbocycles. The van der Waals surface area contributed by atoms with Crippen LogP contribution in [-0.2, 0) is 27.9 Å². The van der Waals surface area contributed by atoms with E-state index in [2.05, 4.69) is 20.1 Å². The Morgan fingerprint density at radius 1 is 1.23 bits per heavy atom. The van der Waals surface area contributed by atoms with E-state index in [1.165, 1.54) is 31.1 Å². The Bertz CT molecular complexity index is 952. The van der Waals surface area contributed by atoms with E-state index in [9.17, 15) is 13.2 Å². The third-order valence-electron chi connectivity index (χ3n) is 3.48. The van der Waals surface area contributed by atoms with Crippen LogP contribution in [0.25, 0.3) is 0 Å². The summed E-state index contributed by atoms with van der Waals surface area (Å²) < 4.78 is 33.8. The van der Waals surface area contributed by atoms with Crippen LogP contribution in [0.1, 0.15) is 12.2 Å². The predicted octanol–water partition coefficient (Wildman–Crippen LogP) is 1.38. The average molecular weight is 375 g/mol. The minimum atomic E-state index is -3.73. The predicted molar refractivity (Wildman–Crippen MR) is 92.4 cm³/mol. The molecule has 3 aromatic rings. The van der Waals surface area contributed by atoms with Gasteiger partial charge in [0.15, 0.2) is 0 Å². The molecule has 0 bridgehead atoms. The maximum Gasteiger partial charge on any atom is 0.241 e. The van der Waals surface area contributed by atoms with Crippen molar-refractivity contribution in [3.8, 4) is 0 Å². The summed E-state index contributed by atoms with van der Waals surface area (Å²) in [5.41, 5.74) is 0.398. The van der Waals surface area contributed by atoms with Crippen molar-refractivity contribution >= 4 is 21.6 Å². The quantitative estimate of drug-likeness (QED) is 0.614. The standard InChI is InChI=1S/C16H17N5O4S/c22-16(6-7-21-12-17-11-18-21)20-13-3-1-5-15(9-13)26(23,24)19-10-14-4-2-8-25-14/h1-5,8-9,11-12,19H,6-7,10H2,(H,20,22). The Kier molecular flexibility index (Phi) is 5.44. The van der Waals surface area contributed by atoms with E-state index >= 15 is 0 Å². The summed E-state index contributed by atoms with van der Waals surface area (Å²) >= 11 is 0. The van der Waals surface area contributed by atoms with Crippen molar-refractivity contribution in [3.05, 3.63) is 61.1 Å². The maximum absolute atomic E-state index is 12.4. The second kappa shape index (κ2) is 7.93. The number of aryl methyl sites for hydroxylation is 1. The number of furan rings is 1. The van der Waals surface area contributed by atoms with Crippen LogP contribution in [0.2, 0.25) is 0 Å². The largest absolute Gasteiger partial charge is 0.468 e. The molecule has 0 spiro atoms. The molecule has 0 saturated carbocycles. The van der Waals surface area contributed by atoms with Gasteiger partial charge in [-0.2, -0.15) is 5.10 Å². The minimum absolute atomic E-state index is 0.0455. The molecule has 2 N–H and O–H groups in total. The van der Waals surface area contributed by atoms with E-state index in [1.54, 1.807) is 28.9 Å². The Labute approximate surface area is 150 Å². The Balaban J connectivity index is 1.60. The highest BCUT2D eigenvalue weighted by Crippen LogP contribution is 2.16. The van der Waals surface area contributed by atoms with Crippen LogP contribution in [0.4, 0.5) is 5.69 Å². The molecular weight excluding hydrogens is 358 g/mol. The first-order chi connectivity index (χ1) is 12.5. The number of anilines is 1. The molecule has 0 saturated heterocycles. The first kappa shape index (κ1) is 17.8. The van der Waals surface area contributed by atoms with Crippen molar-refractivity contribution in [1.29, 1.82) is 0 Å². The lowest BCUT2D eigenvalue weighted by molar-refractivity contribution is -0.116. The summed E-state index contributed by atoms with van der Waals surface area (Å²) in [5.74, 6) is 0.254. The van der Waals surface area contributed by atoms with Crippen LogP contribution in [0.3, 0.4) is 0 Å². The van der Waals surface area contributed by atoms with Gasteiger partial charge in [-0.15, -0.1) is 0 Å². The highest BCUT2D eigenvalue weighted by Gasteiger charge is 2.15. The van der Waals surface area contributed by atoms with Gasteiger partial charge in [0.25, 0.3) is 0 Å². The normalized spacial score (nSPS) is 11.4. The molecule has 0 aliphatic carbocycles. The third kappa shape index (κ3) is 4.77. The monoisotopic (exact) mass is 375 g/mol. The van der Waals surface area contributed by atoms with E-state index in [-0.39, 0.29) is 23.8 Å². The van der Waals surface area contributed by atoms with Crippen molar-refractivity contribution in [2.45, 2.75) is 24.4 Å². The Morgan fingerprint density at radius 2 is 2.12 bits per heavy atom. The molecule has 0 aliphatic heterocycles. The third-order valence-corrected chi connectivity index (χ3v) is 4.88. The molecule has 0 aliphatic rings.